The van der Waals surface area contributed by atoms with E-state index in [4.69, 9.17) is 0 Å². The van der Waals surface area contributed by atoms with Gasteiger partial charge in [-0.15, -0.1) is 0 Å². The SMILES string of the molecule is CC1CC(C)C(C)N(CC2(O)CCCCC2)C1. The predicted octanol–water partition coefficient (Wildman–Crippen LogP) is 3.05. The number of β-amino-alcohol motifs (C(OH)–C–C–N with tert-alkyl or cyclic N) is 1. The lowest BCUT2D eigenvalue weighted by Crippen LogP contribution is -2.53. The van der Waals surface area contributed by atoms with E-state index in [2.05, 4.69) is 25.7 Å². The molecule has 2 heteroatoms. The molecule has 0 aromatic rings. The van der Waals surface area contributed by atoms with Gasteiger partial charge in [0.1, 0.15) is 0 Å². The van der Waals surface area contributed by atoms with Crippen molar-refractivity contribution in [1.29, 1.82) is 0 Å². The molecule has 1 saturated carbocycles. The summed E-state index contributed by atoms with van der Waals surface area (Å²) in [6.45, 7) is 9.12. The van der Waals surface area contributed by atoms with Crippen LogP contribution in [0.25, 0.3) is 0 Å². The average Bonchev–Trinajstić information content (AvgIpc) is 2.26. The normalized spacial score (nSPS) is 39.2. The Labute approximate surface area is 106 Å². The maximum atomic E-state index is 10.7. The number of hydrogen-bond donors (Lipinski definition) is 1. The Balaban J connectivity index is 1.96. The molecule has 3 atom stereocenters. The molecule has 100 valence electrons. The van der Waals surface area contributed by atoms with Crippen LogP contribution >= 0.6 is 0 Å². The molecule has 0 spiro atoms. The molecule has 17 heavy (non-hydrogen) atoms. The van der Waals surface area contributed by atoms with Gasteiger partial charge in [-0.1, -0.05) is 33.1 Å². The van der Waals surface area contributed by atoms with Crippen LogP contribution in [0.2, 0.25) is 0 Å². The van der Waals surface area contributed by atoms with Crippen LogP contribution in [0.3, 0.4) is 0 Å². The summed E-state index contributed by atoms with van der Waals surface area (Å²) in [7, 11) is 0. The first-order chi connectivity index (χ1) is 8.00. The molecular formula is C15H29NO. The largest absolute Gasteiger partial charge is 0.389 e. The van der Waals surface area contributed by atoms with Crippen LogP contribution in [0.5, 0.6) is 0 Å². The lowest BCUT2D eigenvalue weighted by molar-refractivity contribution is -0.0534. The molecule has 1 heterocycles. The summed E-state index contributed by atoms with van der Waals surface area (Å²) >= 11 is 0. The lowest BCUT2D eigenvalue weighted by Gasteiger charge is -2.45. The van der Waals surface area contributed by atoms with Gasteiger partial charge in [-0.05, 0) is 38.0 Å². The fraction of sp³-hybridized carbons (Fsp3) is 1.00. The van der Waals surface area contributed by atoms with E-state index in [0.29, 0.717) is 6.04 Å². The molecule has 2 aliphatic rings. The topological polar surface area (TPSA) is 23.5 Å². The summed E-state index contributed by atoms with van der Waals surface area (Å²) in [6.07, 6.45) is 7.10. The van der Waals surface area contributed by atoms with E-state index in [0.717, 1.165) is 31.2 Å². The van der Waals surface area contributed by atoms with Crippen LogP contribution in [0, 0.1) is 11.8 Å². The van der Waals surface area contributed by atoms with Crippen molar-refractivity contribution in [2.24, 2.45) is 11.8 Å². The smallest absolute Gasteiger partial charge is 0.0774 e. The minimum absolute atomic E-state index is 0.386. The van der Waals surface area contributed by atoms with Crippen molar-refractivity contribution < 1.29 is 5.11 Å². The monoisotopic (exact) mass is 239 g/mol. The Hall–Kier alpha value is -0.0800. The van der Waals surface area contributed by atoms with Gasteiger partial charge in [-0.2, -0.15) is 0 Å². The Morgan fingerprint density at radius 1 is 1.12 bits per heavy atom. The molecule has 0 aromatic heterocycles. The second-order valence-corrected chi connectivity index (χ2v) is 6.77. The van der Waals surface area contributed by atoms with Gasteiger partial charge in [0, 0.05) is 19.1 Å². The number of nitrogens with zero attached hydrogens (tertiary/aromatic N) is 1. The van der Waals surface area contributed by atoms with Gasteiger partial charge in [0.25, 0.3) is 0 Å². The summed E-state index contributed by atoms with van der Waals surface area (Å²) in [5.41, 5.74) is -0.386. The van der Waals surface area contributed by atoms with Crippen LogP contribution in [-0.4, -0.2) is 34.7 Å². The fourth-order valence-corrected chi connectivity index (χ4v) is 3.79. The van der Waals surface area contributed by atoms with E-state index in [1.54, 1.807) is 0 Å². The van der Waals surface area contributed by atoms with Crippen LogP contribution in [0.4, 0.5) is 0 Å². The average molecular weight is 239 g/mol. The number of piperidine rings is 1. The minimum Gasteiger partial charge on any atom is -0.389 e. The quantitative estimate of drug-likeness (QED) is 0.800. The second-order valence-electron chi connectivity index (χ2n) is 6.77. The van der Waals surface area contributed by atoms with Gasteiger partial charge in [0.05, 0.1) is 5.60 Å². The van der Waals surface area contributed by atoms with E-state index >= 15 is 0 Å². The zero-order valence-corrected chi connectivity index (χ0v) is 11.8. The van der Waals surface area contributed by atoms with Crippen molar-refractivity contribution in [3.63, 3.8) is 0 Å². The molecule has 0 radical (unpaired) electrons. The van der Waals surface area contributed by atoms with E-state index in [-0.39, 0.29) is 5.60 Å². The molecular weight excluding hydrogens is 210 g/mol. The maximum absolute atomic E-state index is 10.7. The van der Waals surface area contributed by atoms with Crippen molar-refractivity contribution in [2.75, 3.05) is 13.1 Å². The van der Waals surface area contributed by atoms with E-state index in [1.165, 1.54) is 32.2 Å². The molecule has 2 rings (SSSR count). The zero-order chi connectivity index (χ0) is 12.5. The van der Waals surface area contributed by atoms with E-state index in [1.807, 2.05) is 0 Å². The molecule has 1 aliphatic heterocycles. The van der Waals surface area contributed by atoms with Crippen LogP contribution in [0.1, 0.15) is 59.3 Å². The first-order valence-electron chi connectivity index (χ1n) is 7.47. The standard InChI is InChI=1S/C15H29NO/c1-12-9-13(2)14(3)16(10-12)11-15(17)7-5-4-6-8-15/h12-14,17H,4-11H2,1-3H3. The number of rotatable bonds is 2. The summed E-state index contributed by atoms with van der Waals surface area (Å²) in [6, 6.07) is 0.636. The molecule has 0 amide bonds. The van der Waals surface area contributed by atoms with Gasteiger partial charge < -0.3 is 5.11 Å². The summed E-state index contributed by atoms with van der Waals surface area (Å²) in [5, 5.41) is 10.7. The minimum atomic E-state index is -0.386. The Kier molecular flexibility index (Phi) is 4.14. The third kappa shape index (κ3) is 3.23. The molecule has 2 nitrogen and oxygen atoms in total. The van der Waals surface area contributed by atoms with Crippen LogP contribution in [-0.2, 0) is 0 Å². The Morgan fingerprint density at radius 3 is 2.41 bits per heavy atom. The van der Waals surface area contributed by atoms with Crippen LogP contribution in [0.15, 0.2) is 0 Å². The summed E-state index contributed by atoms with van der Waals surface area (Å²) in [5.74, 6) is 1.55. The van der Waals surface area contributed by atoms with Gasteiger partial charge in [-0.25, -0.2) is 0 Å². The van der Waals surface area contributed by atoms with E-state index < -0.39 is 0 Å². The highest BCUT2D eigenvalue weighted by molar-refractivity contribution is 4.90. The van der Waals surface area contributed by atoms with Gasteiger partial charge >= 0.3 is 0 Å². The predicted molar refractivity (Wildman–Crippen MR) is 72.0 cm³/mol. The fourth-order valence-electron chi connectivity index (χ4n) is 3.79. The summed E-state index contributed by atoms with van der Waals surface area (Å²) < 4.78 is 0. The molecule has 1 N–H and O–H groups in total. The molecule has 1 saturated heterocycles. The van der Waals surface area contributed by atoms with Crippen molar-refractivity contribution in [2.45, 2.75) is 70.9 Å². The van der Waals surface area contributed by atoms with Gasteiger partial charge in [-0.3, -0.25) is 4.90 Å². The zero-order valence-electron chi connectivity index (χ0n) is 11.8. The first-order valence-corrected chi connectivity index (χ1v) is 7.47. The molecule has 0 aromatic carbocycles. The number of aliphatic hydroxyl groups is 1. The molecule has 2 fully saturated rings. The van der Waals surface area contributed by atoms with Crippen molar-refractivity contribution in [3.05, 3.63) is 0 Å². The third-order valence-electron chi connectivity index (χ3n) is 5.00. The Bertz CT molecular complexity index is 247. The first kappa shape index (κ1) is 13.4. The third-order valence-corrected chi connectivity index (χ3v) is 5.00. The highest BCUT2D eigenvalue weighted by Crippen LogP contribution is 2.33. The van der Waals surface area contributed by atoms with Crippen molar-refractivity contribution in [1.82, 2.24) is 4.90 Å². The van der Waals surface area contributed by atoms with Gasteiger partial charge in [0.2, 0.25) is 0 Å². The highest BCUT2D eigenvalue weighted by Gasteiger charge is 2.36. The second kappa shape index (κ2) is 5.27. The number of likely N-dealkylation sites (tertiary alicyclic amines) is 1. The summed E-state index contributed by atoms with van der Waals surface area (Å²) in [4.78, 5) is 2.55. The maximum Gasteiger partial charge on any atom is 0.0774 e. The van der Waals surface area contributed by atoms with Crippen LogP contribution < -0.4 is 0 Å². The molecule has 0 bridgehead atoms. The Morgan fingerprint density at radius 2 is 1.76 bits per heavy atom. The van der Waals surface area contributed by atoms with Crippen molar-refractivity contribution >= 4 is 0 Å². The van der Waals surface area contributed by atoms with Gasteiger partial charge in [0.15, 0.2) is 0 Å². The van der Waals surface area contributed by atoms with Crippen molar-refractivity contribution in [3.8, 4) is 0 Å². The highest BCUT2D eigenvalue weighted by atomic mass is 16.3. The number of hydrogen-bond acceptors (Lipinski definition) is 2. The molecule has 1 aliphatic carbocycles. The molecule has 3 unspecified atom stereocenters. The van der Waals surface area contributed by atoms with E-state index in [9.17, 15) is 5.11 Å². The lowest BCUT2D eigenvalue weighted by atomic mass is 9.81.